The molecular weight excluding hydrogens is 549 g/mol. The Bertz CT molecular complexity index is 1250. The molecule has 1 fully saturated rings. The van der Waals surface area contributed by atoms with Crippen LogP contribution in [-0.4, -0.2) is 66.6 Å². The van der Waals surface area contributed by atoms with Crippen LogP contribution in [0.25, 0.3) is 0 Å². The maximum absolute atomic E-state index is 12.3. The van der Waals surface area contributed by atoms with Gasteiger partial charge in [0.1, 0.15) is 0 Å². The highest BCUT2D eigenvalue weighted by molar-refractivity contribution is 8.54. The van der Waals surface area contributed by atoms with Gasteiger partial charge >= 0.3 is 12.8 Å². The van der Waals surface area contributed by atoms with E-state index in [2.05, 4.69) is 20.4 Å². The highest BCUT2D eigenvalue weighted by atomic mass is 32.7. The average Bonchev–Trinajstić information content (AvgIpc) is 3.22. The third-order valence-corrected chi connectivity index (χ3v) is 8.24. The Morgan fingerprint density at radius 3 is 2.15 bits per heavy atom. The van der Waals surface area contributed by atoms with Crippen LogP contribution in [0.1, 0.15) is 29.6 Å². The number of anilines is 1. The van der Waals surface area contributed by atoms with Crippen molar-refractivity contribution in [1.82, 2.24) is 10.4 Å². The van der Waals surface area contributed by atoms with E-state index in [-0.39, 0.29) is 38.2 Å². The summed E-state index contributed by atoms with van der Waals surface area (Å²) in [5.41, 5.74) is 2.66. The van der Waals surface area contributed by atoms with Crippen molar-refractivity contribution in [3.05, 3.63) is 54.1 Å². The third kappa shape index (κ3) is 9.59. The fourth-order valence-corrected chi connectivity index (χ4v) is 5.43. The van der Waals surface area contributed by atoms with Crippen molar-refractivity contribution in [2.24, 2.45) is 10.2 Å². The van der Waals surface area contributed by atoms with Gasteiger partial charge in [-0.15, -0.1) is 5.06 Å². The lowest BCUT2D eigenvalue weighted by Gasteiger charge is -2.13. The fourth-order valence-electron chi connectivity index (χ4n) is 3.13. The van der Waals surface area contributed by atoms with Crippen molar-refractivity contribution in [3.8, 4) is 0 Å². The Labute approximate surface area is 228 Å². The van der Waals surface area contributed by atoms with E-state index in [1.165, 1.54) is 0 Å². The van der Waals surface area contributed by atoms with Crippen LogP contribution in [0.4, 0.5) is 17.1 Å². The van der Waals surface area contributed by atoms with Crippen LogP contribution < -0.4 is 10.2 Å². The van der Waals surface area contributed by atoms with Gasteiger partial charge in [0, 0.05) is 50.5 Å². The standard InChI is InChI=1S/C24H28N5O8PS/c1-28(2)20-9-7-19(8-10-20)27-26-18-5-3-17(4-6-18)24(33)25-14-15-36-38(34,35)39-16-13-23(32)37-29-21(30)11-12-22(29)31/h3-10H,11-16H2,1-2H3,(H,25,33)(H,34,35)/b27-26+. The molecule has 0 spiro atoms. The van der Waals surface area contributed by atoms with Gasteiger partial charge in [0.2, 0.25) is 0 Å². The second-order valence-electron chi connectivity index (χ2n) is 8.34. The lowest BCUT2D eigenvalue weighted by Crippen LogP contribution is -2.32. The van der Waals surface area contributed by atoms with Gasteiger partial charge < -0.3 is 19.9 Å². The molecule has 208 valence electrons. The second kappa shape index (κ2) is 14.0. The van der Waals surface area contributed by atoms with Gasteiger partial charge in [-0.05, 0) is 59.9 Å². The van der Waals surface area contributed by atoms with Crippen LogP contribution in [0.2, 0.25) is 0 Å². The molecule has 0 aromatic heterocycles. The molecule has 2 aromatic carbocycles. The zero-order valence-electron chi connectivity index (χ0n) is 21.3. The summed E-state index contributed by atoms with van der Waals surface area (Å²) in [6.45, 7) is -4.38. The monoisotopic (exact) mass is 577 g/mol. The third-order valence-electron chi connectivity index (χ3n) is 5.18. The second-order valence-corrected chi connectivity index (χ2v) is 12.4. The summed E-state index contributed by atoms with van der Waals surface area (Å²) in [6.07, 6.45) is -0.367. The van der Waals surface area contributed by atoms with Crippen LogP contribution in [0.3, 0.4) is 0 Å². The number of hydrogen-bond donors (Lipinski definition) is 2. The number of hydrogen-bond acceptors (Lipinski definition) is 11. The van der Waals surface area contributed by atoms with Crippen LogP contribution in [-0.2, 0) is 28.3 Å². The Kier molecular flexibility index (Phi) is 10.8. The molecule has 1 heterocycles. The number of nitrogens with one attached hydrogen (secondary N) is 1. The van der Waals surface area contributed by atoms with E-state index in [0.29, 0.717) is 33.4 Å². The number of rotatable bonds is 13. The number of hydroxylamine groups is 2. The van der Waals surface area contributed by atoms with Gasteiger partial charge in [-0.1, -0.05) is 0 Å². The summed E-state index contributed by atoms with van der Waals surface area (Å²) in [6, 6.07) is 14.0. The molecule has 1 atom stereocenters. The van der Waals surface area contributed by atoms with Gasteiger partial charge in [0.25, 0.3) is 17.7 Å². The number of benzene rings is 2. The molecule has 3 rings (SSSR count). The lowest BCUT2D eigenvalue weighted by molar-refractivity contribution is -0.197. The number of azo groups is 1. The molecule has 0 saturated carbocycles. The van der Waals surface area contributed by atoms with E-state index in [0.717, 1.165) is 5.69 Å². The van der Waals surface area contributed by atoms with Crippen molar-refractivity contribution in [1.29, 1.82) is 0 Å². The topological polar surface area (TPSA) is 167 Å². The molecular formula is C24H28N5O8PS. The van der Waals surface area contributed by atoms with Gasteiger partial charge in [-0.2, -0.15) is 10.2 Å². The lowest BCUT2D eigenvalue weighted by atomic mass is 10.2. The highest BCUT2D eigenvalue weighted by Gasteiger charge is 2.33. The SMILES string of the molecule is CN(C)c1ccc(/N=N/c2ccc(C(=O)NCCOP(=O)(O)SCCC(=O)ON3C(=O)CCC3=O)cc2)cc1. The largest absolute Gasteiger partial charge is 0.386 e. The van der Waals surface area contributed by atoms with E-state index in [4.69, 9.17) is 4.52 Å². The van der Waals surface area contributed by atoms with Gasteiger partial charge in [-0.25, -0.2) is 9.36 Å². The summed E-state index contributed by atoms with van der Waals surface area (Å²) < 4.78 is 17.0. The van der Waals surface area contributed by atoms with Crippen LogP contribution in [0.5, 0.6) is 0 Å². The number of carbonyl (C=O) groups excluding carboxylic acids is 4. The van der Waals surface area contributed by atoms with Crippen molar-refractivity contribution < 1.29 is 38.0 Å². The molecule has 0 aliphatic carbocycles. The summed E-state index contributed by atoms with van der Waals surface area (Å²) in [4.78, 5) is 63.5. The van der Waals surface area contributed by atoms with E-state index in [1.807, 2.05) is 43.3 Å². The number of imide groups is 1. The first-order valence-electron chi connectivity index (χ1n) is 11.8. The Hall–Kier alpha value is -3.58. The first-order valence-corrected chi connectivity index (χ1v) is 15.0. The smallest absolute Gasteiger partial charge is 0.378 e. The van der Waals surface area contributed by atoms with Crippen LogP contribution >= 0.6 is 18.2 Å². The number of amides is 3. The highest BCUT2D eigenvalue weighted by Crippen LogP contribution is 2.55. The molecule has 1 saturated heterocycles. The molecule has 13 nitrogen and oxygen atoms in total. The van der Waals surface area contributed by atoms with Gasteiger partial charge in [0.15, 0.2) is 0 Å². The van der Waals surface area contributed by atoms with Crippen LogP contribution in [0.15, 0.2) is 58.8 Å². The molecule has 0 bridgehead atoms. The van der Waals surface area contributed by atoms with Crippen molar-refractivity contribution >= 4 is 58.9 Å². The van der Waals surface area contributed by atoms with Crippen molar-refractivity contribution in [2.75, 3.05) is 37.9 Å². The van der Waals surface area contributed by atoms with Gasteiger partial charge in [0.05, 0.1) is 24.4 Å². The minimum Gasteiger partial charge on any atom is -0.378 e. The average molecular weight is 578 g/mol. The molecule has 1 unspecified atom stereocenters. The summed E-state index contributed by atoms with van der Waals surface area (Å²) in [7, 11) is 3.89. The molecule has 1 aliphatic heterocycles. The van der Waals surface area contributed by atoms with Crippen molar-refractivity contribution in [3.63, 3.8) is 0 Å². The quantitative estimate of drug-likeness (QED) is 0.155. The van der Waals surface area contributed by atoms with E-state index >= 15 is 0 Å². The first-order chi connectivity index (χ1) is 18.5. The fraction of sp³-hybridized carbons (Fsp3) is 0.333. The molecule has 0 radical (unpaired) electrons. The van der Waals surface area contributed by atoms with Gasteiger partial charge in [-0.3, -0.25) is 18.9 Å². The molecule has 15 heteroatoms. The number of nitrogens with zero attached hydrogens (tertiary/aromatic N) is 4. The summed E-state index contributed by atoms with van der Waals surface area (Å²) in [5.74, 6) is -2.65. The Morgan fingerprint density at radius 1 is 1.03 bits per heavy atom. The van der Waals surface area contributed by atoms with E-state index in [1.54, 1.807) is 24.3 Å². The number of carbonyl (C=O) groups is 4. The van der Waals surface area contributed by atoms with E-state index < -0.39 is 30.5 Å². The molecule has 3 amide bonds. The molecule has 2 aromatic rings. The maximum atomic E-state index is 12.3. The summed E-state index contributed by atoms with van der Waals surface area (Å²) >= 11 is 0.494. The summed E-state index contributed by atoms with van der Waals surface area (Å²) in [5, 5.41) is 11.3. The zero-order valence-corrected chi connectivity index (χ0v) is 23.0. The Balaban J connectivity index is 1.34. The molecule has 1 aliphatic rings. The zero-order chi connectivity index (χ0) is 28.4. The minimum atomic E-state index is -4.10. The normalized spacial score (nSPS) is 14.9. The van der Waals surface area contributed by atoms with E-state index in [9.17, 15) is 28.6 Å². The molecule has 39 heavy (non-hydrogen) atoms. The predicted molar refractivity (Wildman–Crippen MR) is 144 cm³/mol. The predicted octanol–water partition coefficient (Wildman–Crippen LogP) is 3.75. The minimum absolute atomic E-state index is 0.0263. The van der Waals surface area contributed by atoms with Crippen molar-refractivity contribution in [2.45, 2.75) is 19.3 Å². The molecule has 2 N–H and O–H groups in total. The van der Waals surface area contributed by atoms with Crippen LogP contribution in [0, 0.1) is 0 Å². The Morgan fingerprint density at radius 2 is 1.59 bits per heavy atom. The maximum Gasteiger partial charge on any atom is 0.386 e. The first kappa shape index (κ1) is 30.0.